The van der Waals surface area contributed by atoms with Crippen LogP contribution in [-0.2, 0) is 20.1 Å². The molecule has 0 radical (unpaired) electrons. The van der Waals surface area contributed by atoms with Crippen LogP contribution in [0.5, 0.6) is 5.75 Å². The summed E-state index contributed by atoms with van der Waals surface area (Å²) in [7, 11) is 3.59. The maximum Gasteiger partial charge on any atom is 0.137 e. The molecule has 0 bridgehead atoms. The Bertz CT molecular complexity index is 607. The molecule has 0 aliphatic carbocycles. The summed E-state index contributed by atoms with van der Waals surface area (Å²) in [6.07, 6.45) is 0. The highest BCUT2D eigenvalue weighted by molar-refractivity contribution is 6.32. The predicted molar refractivity (Wildman–Crippen MR) is 81.2 cm³/mol. The van der Waals surface area contributed by atoms with Gasteiger partial charge in [-0.2, -0.15) is 5.10 Å². The predicted octanol–water partition coefficient (Wildman–Crippen LogP) is 2.99. The first-order valence-corrected chi connectivity index (χ1v) is 6.93. The number of rotatable bonds is 5. The van der Waals surface area contributed by atoms with Gasteiger partial charge in [0, 0.05) is 31.4 Å². The van der Waals surface area contributed by atoms with Crippen molar-refractivity contribution in [3.63, 3.8) is 0 Å². The van der Waals surface area contributed by atoms with Crippen LogP contribution in [0.25, 0.3) is 0 Å². The maximum atomic E-state index is 6.11. The van der Waals surface area contributed by atoms with Crippen LogP contribution in [0, 0.1) is 13.8 Å². The second kappa shape index (κ2) is 6.29. The lowest BCUT2D eigenvalue weighted by atomic mass is 10.2. The van der Waals surface area contributed by atoms with E-state index in [1.807, 2.05) is 36.9 Å². The fraction of sp³-hybridized carbons (Fsp3) is 0.400. The molecule has 4 nitrogen and oxygen atoms in total. The van der Waals surface area contributed by atoms with Crippen LogP contribution in [0.1, 0.15) is 22.5 Å². The zero-order valence-electron chi connectivity index (χ0n) is 12.3. The van der Waals surface area contributed by atoms with Crippen LogP contribution < -0.4 is 10.1 Å². The van der Waals surface area contributed by atoms with E-state index in [9.17, 15) is 0 Å². The van der Waals surface area contributed by atoms with Gasteiger partial charge in [-0.15, -0.1) is 0 Å². The minimum Gasteiger partial charge on any atom is -0.495 e. The van der Waals surface area contributed by atoms with Crippen molar-refractivity contribution in [2.45, 2.75) is 26.9 Å². The Labute approximate surface area is 124 Å². The van der Waals surface area contributed by atoms with Crippen LogP contribution in [0.3, 0.4) is 0 Å². The maximum absolute atomic E-state index is 6.11. The third kappa shape index (κ3) is 3.14. The summed E-state index contributed by atoms with van der Waals surface area (Å²) in [4.78, 5) is 0. The average Bonchev–Trinajstić information content (AvgIpc) is 2.65. The topological polar surface area (TPSA) is 39.1 Å². The van der Waals surface area contributed by atoms with Crippen molar-refractivity contribution >= 4 is 11.6 Å². The van der Waals surface area contributed by atoms with E-state index >= 15 is 0 Å². The lowest BCUT2D eigenvalue weighted by Gasteiger charge is -2.08. The quantitative estimate of drug-likeness (QED) is 0.921. The lowest BCUT2D eigenvalue weighted by Crippen LogP contribution is -2.14. The zero-order chi connectivity index (χ0) is 14.7. The third-order valence-corrected chi connectivity index (χ3v) is 3.80. The van der Waals surface area contributed by atoms with Crippen molar-refractivity contribution in [2.24, 2.45) is 7.05 Å². The molecule has 2 aromatic rings. The first kappa shape index (κ1) is 14.9. The van der Waals surface area contributed by atoms with Crippen molar-refractivity contribution in [2.75, 3.05) is 7.11 Å². The molecular formula is C15H20ClN3O. The molecule has 0 saturated heterocycles. The number of aryl methyl sites for hydroxylation is 2. The van der Waals surface area contributed by atoms with Gasteiger partial charge in [-0.1, -0.05) is 17.7 Å². The van der Waals surface area contributed by atoms with Crippen LogP contribution in [0.15, 0.2) is 18.2 Å². The number of hydrogen-bond acceptors (Lipinski definition) is 3. The van der Waals surface area contributed by atoms with Gasteiger partial charge < -0.3 is 10.1 Å². The molecule has 5 heteroatoms. The van der Waals surface area contributed by atoms with Crippen molar-refractivity contribution in [3.8, 4) is 5.75 Å². The van der Waals surface area contributed by atoms with Crippen molar-refractivity contribution in [1.29, 1.82) is 0 Å². The molecule has 0 aliphatic heterocycles. The number of halogens is 1. The summed E-state index contributed by atoms with van der Waals surface area (Å²) in [5, 5.41) is 8.48. The molecule has 1 aromatic heterocycles. The molecule has 0 atom stereocenters. The van der Waals surface area contributed by atoms with Crippen molar-refractivity contribution in [3.05, 3.63) is 45.7 Å². The lowest BCUT2D eigenvalue weighted by molar-refractivity contribution is 0.415. The molecule has 0 saturated carbocycles. The highest BCUT2D eigenvalue weighted by Crippen LogP contribution is 2.24. The Morgan fingerprint density at radius 3 is 2.60 bits per heavy atom. The number of benzene rings is 1. The summed E-state index contributed by atoms with van der Waals surface area (Å²) in [5.41, 5.74) is 4.66. The summed E-state index contributed by atoms with van der Waals surface area (Å²) in [6, 6.07) is 5.83. The number of ether oxygens (including phenoxy) is 1. The van der Waals surface area contributed by atoms with Crippen molar-refractivity contribution in [1.82, 2.24) is 15.1 Å². The van der Waals surface area contributed by atoms with Gasteiger partial charge in [-0.05, 0) is 31.5 Å². The normalized spacial score (nSPS) is 10.8. The molecule has 1 heterocycles. The molecule has 0 aliphatic rings. The Balaban J connectivity index is 1.97. The third-order valence-electron chi connectivity index (χ3n) is 3.51. The summed E-state index contributed by atoms with van der Waals surface area (Å²) in [5.74, 6) is 0.703. The van der Waals surface area contributed by atoms with Gasteiger partial charge in [0.25, 0.3) is 0 Å². The Morgan fingerprint density at radius 1 is 1.30 bits per heavy atom. The minimum absolute atomic E-state index is 0.639. The molecular weight excluding hydrogens is 274 g/mol. The number of aromatic nitrogens is 2. The van der Waals surface area contributed by atoms with E-state index in [0.717, 1.165) is 24.3 Å². The van der Waals surface area contributed by atoms with Gasteiger partial charge >= 0.3 is 0 Å². The number of nitrogens with one attached hydrogen (secondary N) is 1. The Morgan fingerprint density at radius 2 is 2.05 bits per heavy atom. The van der Waals surface area contributed by atoms with Gasteiger partial charge in [0.1, 0.15) is 5.75 Å². The molecule has 1 aromatic carbocycles. The standard InChI is InChI=1S/C15H20ClN3O/c1-10-13(11(2)19(3)18-10)9-17-8-12-5-6-15(20-4)14(16)7-12/h5-7,17H,8-9H2,1-4H3. The van der Waals surface area contributed by atoms with E-state index in [0.29, 0.717) is 10.8 Å². The van der Waals surface area contributed by atoms with E-state index in [1.165, 1.54) is 11.3 Å². The highest BCUT2D eigenvalue weighted by atomic mass is 35.5. The molecule has 0 spiro atoms. The van der Waals surface area contributed by atoms with Gasteiger partial charge in [0.2, 0.25) is 0 Å². The smallest absolute Gasteiger partial charge is 0.137 e. The van der Waals surface area contributed by atoms with E-state index in [-0.39, 0.29) is 0 Å². The summed E-state index contributed by atoms with van der Waals surface area (Å²) >= 11 is 6.11. The Kier molecular flexibility index (Phi) is 4.68. The molecule has 108 valence electrons. The van der Waals surface area contributed by atoms with E-state index in [4.69, 9.17) is 16.3 Å². The second-order valence-corrected chi connectivity index (χ2v) is 5.25. The van der Waals surface area contributed by atoms with Gasteiger partial charge in [0.15, 0.2) is 0 Å². The Hall–Kier alpha value is -1.52. The zero-order valence-corrected chi connectivity index (χ0v) is 13.1. The van der Waals surface area contributed by atoms with Gasteiger partial charge in [0.05, 0.1) is 17.8 Å². The first-order chi connectivity index (χ1) is 9.52. The summed E-state index contributed by atoms with van der Waals surface area (Å²) < 4.78 is 7.06. The number of hydrogen-bond donors (Lipinski definition) is 1. The molecule has 0 amide bonds. The number of methoxy groups -OCH3 is 1. The summed E-state index contributed by atoms with van der Waals surface area (Å²) in [6.45, 7) is 5.68. The first-order valence-electron chi connectivity index (χ1n) is 6.55. The highest BCUT2D eigenvalue weighted by Gasteiger charge is 2.08. The SMILES string of the molecule is COc1ccc(CNCc2c(C)nn(C)c2C)cc1Cl. The molecule has 0 fully saturated rings. The van der Waals surface area contributed by atoms with Crippen LogP contribution in [-0.4, -0.2) is 16.9 Å². The van der Waals surface area contributed by atoms with Crippen LogP contribution in [0.2, 0.25) is 5.02 Å². The van der Waals surface area contributed by atoms with Crippen LogP contribution >= 0.6 is 11.6 Å². The molecule has 1 N–H and O–H groups in total. The molecule has 2 rings (SSSR count). The number of nitrogens with zero attached hydrogens (tertiary/aromatic N) is 2. The van der Waals surface area contributed by atoms with Gasteiger partial charge in [-0.3, -0.25) is 4.68 Å². The molecule has 0 unspecified atom stereocenters. The fourth-order valence-electron chi connectivity index (χ4n) is 2.22. The van der Waals surface area contributed by atoms with Crippen LogP contribution in [0.4, 0.5) is 0 Å². The monoisotopic (exact) mass is 293 g/mol. The molecule has 20 heavy (non-hydrogen) atoms. The van der Waals surface area contributed by atoms with E-state index in [2.05, 4.69) is 17.3 Å². The van der Waals surface area contributed by atoms with E-state index in [1.54, 1.807) is 7.11 Å². The largest absolute Gasteiger partial charge is 0.495 e. The van der Waals surface area contributed by atoms with Crippen molar-refractivity contribution < 1.29 is 4.74 Å². The van der Waals surface area contributed by atoms with E-state index < -0.39 is 0 Å². The minimum atomic E-state index is 0.639. The van der Waals surface area contributed by atoms with Gasteiger partial charge in [-0.25, -0.2) is 0 Å². The second-order valence-electron chi connectivity index (χ2n) is 4.85. The average molecular weight is 294 g/mol. The fourth-order valence-corrected chi connectivity index (χ4v) is 2.51.